The Morgan fingerprint density at radius 3 is 2.90 bits per heavy atom. The second-order valence-electron chi connectivity index (χ2n) is 5.32. The number of carbonyl (C=O) groups is 1. The van der Waals surface area contributed by atoms with E-state index in [1.165, 1.54) is 0 Å². The Morgan fingerprint density at radius 1 is 1.30 bits per heavy atom. The van der Waals surface area contributed by atoms with Crippen LogP contribution in [-0.2, 0) is 9.53 Å². The monoisotopic (exact) mass is 276 g/mol. The average Bonchev–Trinajstić information content (AvgIpc) is 2.70. The second kappa shape index (κ2) is 5.75. The number of rotatable bonds is 1. The standard InChI is InChI=1S/C14H20N4O2/c1-11(19)18-8-9-20-13-3-7-17(6-2-12(13)18)14-10-15-4-5-16-14/h4-5,10,12-13H,2-3,6-9H2,1H3. The number of nitrogens with zero attached hydrogens (tertiary/aromatic N) is 4. The fourth-order valence-electron chi connectivity index (χ4n) is 3.16. The molecule has 0 N–H and O–H groups in total. The average molecular weight is 276 g/mol. The van der Waals surface area contributed by atoms with Crippen molar-refractivity contribution in [1.29, 1.82) is 0 Å². The van der Waals surface area contributed by atoms with Crippen LogP contribution in [0.4, 0.5) is 5.82 Å². The van der Waals surface area contributed by atoms with Gasteiger partial charge in [-0.2, -0.15) is 0 Å². The number of aromatic nitrogens is 2. The van der Waals surface area contributed by atoms with Gasteiger partial charge in [0, 0.05) is 39.0 Å². The maximum Gasteiger partial charge on any atom is 0.219 e. The van der Waals surface area contributed by atoms with Crippen LogP contribution in [0.15, 0.2) is 18.6 Å². The third kappa shape index (κ3) is 2.60. The summed E-state index contributed by atoms with van der Waals surface area (Å²) < 4.78 is 5.87. The van der Waals surface area contributed by atoms with Gasteiger partial charge in [-0.25, -0.2) is 4.98 Å². The molecule has 0 aromatic carbocycles. The maximum atomic E-state index is 11.8. The number of ether oxygens (including phenoxy) is 1. The van der Waals surface area contributed by atoms with Crippen molar-refractivity contribution in [2.24, 2.45) is 0 Å². The van der Waals surface area contributed by atoms with Crippen molar-refractivity contribution in [3.63, 3.8) is 0 Å². The van der Waals surface area contributed by atoms with E-state index in [0.29, 0.717) is 13.2 Å². The minimum Gasteiger partial charge on any atom is -0.374 e. The van der Waals surface area contributed by atoms with Gasteiger partial charge in [0.1, 0.15) is 5.82 Å². The summed E-state index contributed by atoms with van der Waals surface area (Å²) in [6, 6.07) is 0.197. The Bertz CT molecular complexity index is 468. The van der Waals surface area contributed by atoms with Crippen molar-refractivity contribution in [1.82, 2.24) is 14.9 Å². The number of carbonyl (C=O) groups excluding carboxylic acids is 1. The first-order valence-corrected chi connectivity index (χ1v) is 7.15. The van der Waals surface area contributed by atoms with Crippen LogP contribution in [0, 0.1) is 0 Å². The number of hydrogen-bond acceptors (Lipinski definition) is 5. The van der Waals surface area contributed by atoms with Crippen LogP contribution in [0.5, 0.6) is 0 Å². The molecule has 6 heteroatoms. The van der Waals surface area contributed by atoms with Crippen LogP contribution in [0.3, 0.4) is 0 Å². The van der Waals surface area contributed by atoms with E-state index in [1.807, 2.05) is 4.90 Å². The molecule has 108 valence electrons. The minimum atomic E-state index is 0.148. The van der Waals surface area contributed by atoms with Gasteiger partial charge in [0.15, 0.2) is 0 Å². The van der Waals surface area contributed by atoms with Crippen molar-refractivity contribution in [2.45, 2.75) is 31.9 Å². The van der Waals surface area contributed by atoms with Gasteiger partial charge < -0.3 is 14.5 Å². The van der Waals surface area contributed by atoms with E-state index >= 15 is 0 Å². The lowest BCUT2D eigenvalue weighted by molar-refractivity contribution is -0.144. The molecule has 3 rings (SSSR count). The van der Waals surface area contributed by atoms with E-state index in [9.17, 15) is 4.79 Å². The van der Waals surface area contributed by atoms with Gasteiger partial charge in [-0.1, -0.05) is 0 Å². The minimum absolute atomic E-state index is 0.148. The number of amides is 1. The van der Waals surface area contributed by atoms with Crippen LogP contribution < -0.4 is 4.90 Å². The molecule has 1 aromatic heterocycles. The van der Waals surface area contributed by atoms with Crippen molar-refractivity contribution >= 4 is 11.7 Å². The zero-order chi connectivity index (χ0) is 13.9. The molecule has 0 bridgehead atoms. The van der Waals surface area contributed by atoms with Crippen molar-refractivity contribution in [3.8, 4) is 0 Å². The number of anilines is 1. The van der Waals surface area contributed by atoms with E-state index in [-0.39, 0.29) is 18.1 Å². The molecule has 3 heterocycles. The highest BCUT2D eigenvalue weighted by Gasteiger charge is 2.36. The van der Waals surface area contributed by atoms with E-state index in [4.69, 9.17) is 4.74 Å². The third-order valence-corrected chi connectivity index (χ3v) is 4.15. The quantitative estimate of drug-likeness (QED) is 0.755. The Kier molecular flexibility index (Phi) is 3.82. The topological polar surface area (TPSA) is 58.6 Å². The Labute approximate surface area is 118 Å². The molecule has 2 unspecified atom stereocenters. The largest absolute Gasteiger partial charge is 0.374 e. The molecule has 2 atom stereocenters. The highest BCUT2D eigenvalue weighted by molar-refractivity contribution is 5.73. The van der Waals surface area contributed by atoms with Gasteiger partial charge in [-0.05, 0) is 12.8 Å². The molecule has 1 amide bonds. The molecule has 0 saturated carbocycles. The van der Waals surface area contributed by atoms with E-state index in [2.05, 4.69) is 14.9 Å². The first-order chi connectivity index (χ1) is 9.75. The second-order valence-corrected chi connectivity index (χ2v) is 5.32. The van der Waals surface area contributed by atoms with E-state index in [1.54, 1.807) is 25.5 Å². The zero-order valence-corrected chi connectivity index (χ0v) is 11.7. The van der Waals surface area contributed by atoms with Gasteiger partial charge in [-0.15, -0.1) is 0 Å². The predicted molar refractivity (Wildman–Crippen MR) is 74.4 cm³/mol. The summed E-state index contributed by atoms with van der Waals surface area (Å²) in [7, 11) is 0. The molecule has 0 spiro atoms. The lowest BCUT2D eigenvalue weighted by Gasteiger charge is -2.39. The van der Waals surface area contributed by atoms with Crippen molar-refractivity contribution in [2.75, 3.05) is 31.1 Å². The van der Waals surface area contributed by atoms with Gasteiger partial charge in [0.2, 0.25) is 5.91 Å². The Morgan fingerprint density at radius 2 is 2.15 bits per heavy atom. The molecular weight excluding hydrogens is 256 g/mol. The summed E-state index contributed by atoms with van der Waals surface area (Å²) in [4.78, 5) is 24.4. The Balaban J connectivity index is 1.74. The van der Waals surface area contributed by atoms with Crippen LogP contribution in [0.1, 0.15) is 19.8 Å². The molecule has 0 radical (unpaired) electrons. The van der Waals surface area contributed by atoms with Crippen LogP contribution >= 0.6 is 0 Å². The van der Waals surface area contributed by atoms with Crippen LogP contribution in [-0.4, -0.2) is 59.2 Å². The maximum absolute atomic E-state index is 11.8. The van der Waals surface area contributed by atoms with Crippen LogP contribution in [0.2, 0.25) is 0 Å². The fraction of sp³-hybridized carbons (Fsp3) is 0.643. The number of morpholine rings is 1. The molecule has 0 aliphatic carbocycles. The van der Waals surface area contributed by atoms with Crippen molar-refractivity contribution in [3.05, 3.63) is 18.6 Å². The summed E-state index contributed by atoms with van der Waals surface area (Å²) in [6.45, 7) is 4.78. The lowest BCUT2D eigenvalue weighted by Crippen LogP contribution is -2.52. The molecule has 2 aliphatic rings. The van der Waals surface area contributed by atoms with Gasteiger partial charge in [0.05, 0.1) is 24.9 Å². The third-order valence-electron chi connectivity index (χ3n) is 4.15. The Hall–Kier alpha value is -1.69. The highest BCUT2D eigenvalue weighted by Crippen LogP contribution is 2.25. The fourth-order valence-corrected chi connectivity index (χ4v) is 3.16. The number of fused-ring (bicyclic) bond motifs is 1. The molecule has 20 heavy (non-hydrogen) atoms. The van der Waals surface area contributed by atoms with E-state index < -0.39 is 0 Å². The molecule has 2 aliphatic heterocycles. The smallest absolute Gasteiger partial charge is 0.219 e. The summed E-state index contributed by atoms with van der Waals surface area (Å²) in [5.74, 6) is 1.05. The summed E-state index contributed by atoms with van der Waals surface area (Å²) >= 11 is 0. The summed E-state index contributed by atoms with van der Waals surface area (Å²) in [5.41, 5.74) is 0. The summed E-state index contributed by atoms with van der Waals surface area (Å²) in [5, 5.41) is 0. The van der Waals surface area contributed by atoms with Gasteiger partial charge >= 0.3 is 0 Å². The molecule has 2 saturated heterocycles. The summed E-state index contributed by atoms with van der Waals surface area (Å²) in [6.07, 6.45) is 7.17. The zero-order valence-electron chi connectivity index (χ0n) is 11.7. The number of hydrogen-bond donors (Lipinski definition) is 0. The lowest BCUT2D eigenvalue weighted by atomic mass is 10.0. The first kappa shape index (κ1) is 13.3. The SMILES string of the molecule is CC(=O)N1CCOC2CCN(c3cnccn3)CCC21. The molecule has 1 aromatic rings. The van der Waals surface area contributed by atoms with Gasteiger partial charge in [-0.3, -0.25) is 9.78 Å². The molecular formula is C14H20N4O2. The van der Waals surface area contributed by atoms with Gasteiger partial charge in [0.25, 0.3) is 0 Å². The van der Waals surface area contributed by atoms with E-state index in [0.717, 1.165) is 31.7 Å². The predicted octanol–water partition coefficient (Wildman–Crippen LogP) is 0.693. The molecule has 2 fully saturated rings. The first-order valence-electron chi connectivity index (χ1n) is 7.15. The molecule has 6 nitrogen and oxygen atoms in total. The highest BCUT2D eigenvalue weighted by atomic mass is 16.5. The normalized spacial score (nSPS) is 26.9. The van der Waals surface area contributed by atoms with Crippen LogP contribution in [0.25, 0.3) is 0 Å². The van der Waals surface area contributed by atoms with Crippen molar-refractivity contribution < 1.29 is 9.53 Å².